The Balaban J connectivity index is 1.31. The number of carbonyl (C=O) groups is 3. The molecule has 2 heterocycles. The lowest BCUT2D eigenvalue weighted by Crippen LogP contribution is -2.70. The molecule has 10 nitrogen and oxygen atoms in total. The minimum absolute atomic E-state index is 0.0385. The molecule has 0 saturated carbocycles. The number of ether oxygens (including phenoxy) is 2. The van der Waals surface area contributed by atoms with Crippen LogP contribution in [-0.4, -0.2) is 61.9 Å². The number of anilines is 1. The molecule has 3 unspecified atom stereocenters. The topological polar surface area (TPSA) is 135 Å². The maximum atomic E-state index is 12.7. The van der Waals surface area contributed by atoms with Gasteiger partial charge in [0.2, 0.25) is 11.8 Å². The lowest BCUT2D eigenvalue weighted by atomic mass is 10.1. The molecule has 0 spiro atoms. The number of thioether (sulfide) groups is 1. The minimum Gasteiger partial charge on any atom is -0.493 e. The first-order valence-electron chi connectivity index (χ1n) is 10.8. The standard InChI is InChI=1S/C23H27N5O5S/c1-32-16-8-7-14(11-17(16)33-2)21(30)25-19-20(24)26-23(27-22(19)31)34-12-18(29)28-10-9-13-5-3-4-6-15(13)28/h3-8,11,19-20,23,26H,9-10,12,24H2,1-2H3,(H,25,30)(H,27,31). The molecule has 0 aliphatic carbocycles. The number of para-hydroxylation sites is 1. The monoisotopic (exact) mass is 485 g/mol. The Morgan fingerprint density at radius 3 is 2.68 bits per heavy atom. The summed E-state index contributed by atoms with van der Waals surface area (Å²) < 4.78 is 10.4. The van der Waals surface area contributed by atoms with E-state index >= 15 is 0 Å². The maximum absolute atomic E-state index is 12.7. The predicted molar refractivity (Wildman–Crippen MR) is 129 cm³/mol. The van der Waals surface area contributed by atoms with Crippen LogP contribution in [0.4, 0.5) is 5.69 Å². The molecule has 180 valence electrons. The van der Waals surface area contributed by atoms with Gasteiger partial charge >= 0.3 is 0 Å². The molecule has 0 radical (unpaired) electrons. The summed E-state index contributed by atoms with van der Waals surface area (Å²) in [5, 5.41) is 8.45. The van der Waals surface area contributed by atoms with Gasteiger partial charge in [-0.05, 0) is 36.2 Å². The summed E-state index contributed by atoms with van der Waals surface area (Å²) in [5.74, 6) is 0.0983. The average Bonchev–Trinajstić information content (AvgIpc) is 3.28. The van der Waals surface area contributed by atoms with Crippen molar-refractivity contribution >= 4 is 35.2 Å². The predicted octanol–water partition coefficient (Wildman–Crippen LogP) is 0.413. The van der Waals surface area contributed by atoms with E-state index in [0.29, 0.717) is 23.6 Å². The van der Waals surface area contributed by atoms with Crippen LogP contribution in [0.25, 0.3) is 0 Å². The molecular formula is C23H27N5O5S. The number of carbonyl (C=O) groups excluding carboxylic acids is 3. The molecule has 2 aliphatic heterocycles. The summed E-state index contributed by atoms with van der Waals surface area (Å²) in [6, 6.07) is 11.5. The minimum atomic E-state index is -0.987. The molecule has 1 fully saturated rings. The van der Waals surface area contributed by atoms with Gasteiger partial charge in [-0.25, -0.2) is 0 Å². The second-order valence-electron chi connectivity index (χ2n) is 7.84. The molecule has 0 bridgehead atoms. The second kappa shape index (κ2) is 10.3. The van der Waals surface area contributed by atoms with Crippen molar-refractivity contribution in [3.63, 3.8) is 0 Å². The maximum Gasteiger partial charge on any atom is 0.252 e. The molecule has 3 atom stereocenters. The number of rotatable bonds is 7. The van der Waals surface area contributed by atoms with Crippen molar-refractivity contribution in [1.29, 1.82) is 0 Å². The van der Waals surface area contributed by atoms with Gasteiger partial charge in [0.05, 0.1) is 26.1 Å². The molecule has 5 N–H and O–H groups in total. The number of nitrogens with two attached hydrogens (primary N) is 1. The highest BCUT2D eigenvalue weighted by molar-refractivity contribution is 8.00. The molecule has 0 aromatic heterocycles. The summed E-state index contributed by atoms with van der Waals surface area (Å²) in [5.41, 5.74) is 7.97. The molecule has 2 aromatic carbocycles. The summed E-state index contributed by atoms with van der Waals surface area (Å²) >= 11 is 1.24. The first-order chi connectivity index (χ1) is 16.4. The van der Waals surface area contributed by atoms with Crippen molar-refractivity contribution in [3.8, 4) is 11.5 Å². The fourth-order valence-corrected chi connectivity index (χ4v) is 4.89. The first kappa shape index (κ1) is 23.9. The van der Waals surface area contributed by atoms with E-state index in [4.69, 9.17) is 15.2 Å². The van der Waals surface area contributed by atoms with Crippen molar-refractivity contribution in [2.75, 3.05) is 31.4 Å². The SMILES string of the molecule is COc1ccc(C(=O)NC2C(=O)NC(SCC(=O)N3CCc4ccccc43)NC2N)cc1OC. The third kappa shape index (κ3) is 4.96. The molecule has 1 saturated heterocycles. The van der Waals surface area contributed by atoms with Crippen LogP contribution in [0.2, 0.25) is 0 Å². The van der Waals surface area contributed by atoms with Gasteiger partial charge in [0.25, 0.3) is 5.91 Å². The number of nitrogens with zero attached hydrogens (tertiary/aromatic N) is 1. The van der Waals surface area contributed by atoms with Gasteiger partial charge in [-0.1, -0.05) is 18.2 Å². The molecule has 4 rings (SSSR count). The van der Waals surface area contributed by atoms with Crippen molar-refractivity contribution < 1.29 is 23.9 Å². The average molecular weight is 486 g/mol. The van der Waals surface area contributed by atoms with E-state index in [1.165, 1.54) is 32.0 Å². The molecular weight excluding hydrogens is 458 g/mol. The van der Waals surface area contributed by atoms with Gasteiger partial charge in [0.15, 0.2) is 11.5 Å². The van der Waals surface area contributed by atoms with Crippen LogP contribution in [-0.2, 0) is 16.0 Å². The summed E-state index contributed by atoms with van der Waals surface area (Å²) in [6.45, 7) is 0.646. The lowest BCUT2D eigenvalue weighted by Gasteiger charge is -2.35. The summed E-state index contributed by atoms with van der Waals surface area (Å²) in [4.78, 5) is 39.9. The van der Waals surface area contributed by atoms with Crippen LogP contribution < -0.4 is 36.1 Å². The molecule has 3 amide bonds. The number of nitrogens with one attached hydrogen (secondary N) is 3. The molecule has 2 aliphatic rings. The number of fused-ring (bicyclic) bond motifs is 1. The molecule has 2 aromatic rings. The Kier molecular flexibility index (Phi) is 7.25. The number of methoxy groups -OCH3 is 2. The van der Waals surface area contributed by atoms with E-state index < -0.39 is 29.5 Å². The highest BCUT2D eigenvalue weighted by atomic mass is 32.2. The summed E-state index contributed by atoms with van der Waals surface area (Å²) in [6.07, 6.45) is -0.00455. The van der Waals surface area contributed by atoms with Gasteiger partial charge in [-0.3, -0.25) is 19.7 Å². The van der Waals surface area contributed by atoms with Gasteiger partial charge < -0.3 is 30.7 Å². The zero-order valence-electron chi connectivity index (χ0n) is 18.9. The Morgan fingerprint density at radius 1 is 1.18 bits per heavy atom. The van der Waals surface area contributed by atoms with E-state index in [1.54, 1.807) is 17.0 Å². The van der Waals surface area contributed by atoms with Crippen LogP contribution in [0.15, 0.2) is 42.5 Å². The van der Waals surface area contributed by atoms with E-state index in [2.05, 4.69) is 16.0 Å². The van der Waals surface area contributed by atoms with Gasteiger partial charge in [0.1, 0.15) is 11.5 Å². The van der Waals surface area contributed by atoms with E-state index in [0.717, 1.165) is 17.7 Å². The smallest absolute Gasteiger partial charge is 0.252 e. The van der Waals surface area contributed by atoms with Crippen molar-refractivity contribution in [2.24, 2.45) is 5.73 Å². The van der Waals surface area contributed by atoms with Crippen LogP contribution >= 0.6 is 11.8 Å². The normalized spacial score (nSPS) is 21.4. The van der Waals surface area contributed by atoms with E-state index in [-0.39, 0.29) is 11.7 Å². The van der Waals surface area contributed by atoms with Crippen molar-refractivity contribution in [1.82, 2.24) is 16.0 Å². The van der Waals surface area contributed by atoms with Crippen molar-refractivity contribution in [2.45, 2.75) is 24.1 Å². The fraction of sp³-hybridized carbons (Fsp3) is 0.348. The largest absolute Gasteiger partial charge is 0.493 e. The molecule has 34 heavy (non-hydrogen) atoms. The third-order valence-electron chi connectivity index (χ3n) is 5.75. The second-order valence-corrected chi connectivity index (χ2v) is 8.93. The van der Waals surface area contributed by atoms with Crippen molar-refractivity contribution in [3.05, 3.63) is 53.6 Å². The number of hydrogen-bond acceptors (Lipinski definition) is 8. The first-order valence-corrected chi connectivity index (χ1v) is 11.8. The quantitative estimate of drug-likeness (QED) is 0.443. The number of hydrogen-bond donors (Lipinski definition) is 4. The van der Waals surface area contributed by atoms with Crippen LogP contribution in [0.3, 0.4) is 0 Å². The summed E-state index contributed by atoms with van der Waals surface area (Å²) in [7, 11) is 2.97. The highest BCUT2D eigenvalue weighted by Crippen LogP contribution is 2.29. The van der Waals surface area contributed by atoms with E-state index in [9.17, 15) is 14.4 Å². The van der Waals surface area contributed by atoms with E-state index in [1.807, 2.05) is 24.3 Å². The number of benzene rings is 2. The van der Waals surface area contributed by atoms with Crippen LogP contribution in [0.5, 0.6) is 11.5 Å². The zero-order chi connectivity index (χ0) is 24.2. The van der Waals surface area contributed by atoms with Crippen LogP contribution in [0.1, 0.15) is 15.9 Å². The highest BCUT2D eigenvalue weighted by Gasteiger charge is 2.36. The lowest BCUT2D eigenvalue weighted by molar-refractivity contribution is -0.125. The van der Waals surface area contributed by atoms with Gasteiger partial charge in [0, 0.05) is 17.8 Å². The third-order valence-corrected chi connectivity index (χ3v) is 6.75. The molecule has 11 heteroatoms. The number of amides is 3. The Morgan fingerprint density at radius 2 is 1.94 bits per heavy atom. The Bertz CT molecular complexity index is 1100. The van der Waals surface area contributed by atoms with Gasteiger partial charge in [-0.15, -0.1) is 11.8 Å². The Hall–Kier alpha value is -3.28. The van der Waals surface area contributed by atoms with Gasteiger partial charge in [-0.2, -0.15) is 0 Å². The Labute approximate surface area is 201 Å². The van der Waals surface area contributed by atoms with Crippen LogP contribution in [0, 0.1) is 0 Å². The fourth-order valence-electron chi connectivity index (χ4n) is 3.97. The zero-order valence-corrected chi connectivity index (χ0v) is 19.7.